The fourth-order valence-electron chi connectivity index (χ4n) is 3.34. The van der Waals surface area contributed by atoms with Gasteiger partial charge < -0.3 is 9.73 Å². The molecule has 1 aliphatic rings. The second-order valence-corrected chi connectivity index (χ2v) is 7.25. The fourth-order valence-corrected chi connectivity index (χ4v) is 3.34. The SMILES string of the molecule is CCC(C)NC(=O)c1oc2c(c1C)/C(=N/NC(=O)Cc1ccccc1)CCC2. The number of furan rings is 1. The van der Waals surface area contributed by atoms with Crippen LogP contribution in [0.25, 0.3) is 0 Å². The molecule has 1 heterocycles. The van der Waals surface area contributed by atoms with Crippen molar-refractivity contribution < 1.29 is 14.0 Å². The number of rotatable bonds is 6. The molecule has 28 heavy (non-hydrogen) atoms. The third-order valence-corrected chi connectivity index (χ3v) is 5.04. The third-order valence-electron chi connectivity index (χ3n) is 5.04. The maximum Gasteiger partial charge on any atom is 0.287 e. The average molecular weight is 381 g/mol. The van der Waals surface area contributed by atoms with Crippen molar-refractivity contribution in [3.8, 4) is 0 Å². The summed E-state index contributed by atoms with van der Waals surface area (Å²) in [6, 6.07) is 9.63. The van der Waals surface area contributed by atoms with Crippen molar-refractivity contribution in [2.24, 2.45) is 5.10 Å². The van der Waals surface area contributed by atoms with Gasteiger partial charge in [-0.2, -0.15) is 5.10 Å². The zero-order valence-electron chi connectivity index (χ0n) is 16.7. The molecular weight excluding hydrogens is 354 g/mol. The Morgan fingerprint density at radius 3 is 2.68 bits per heavy atom. The number of amides is 2. The largest absolute Gasteiger partial charge is 0.455 e. The summed E-state index contributed by atoms with van der Waals surface area (Å²) in [7, 11) is 0. The lowest BCUT2D eigenvalue weighted by Gasteiger charge is -2.13. The van der Waals surface area contributed by atoms with Crippen LogP contribution in [0.1, 0.15) is 66.1 Å². The molecule has 6 nitrogen and oxygen atoms in total. The number of aryl methyl sites for hydroxylation is 1. The Kier molecular flexibility index (Phi) is 6.29. The molecule has 2 aromatic rings. The molecule has 0 saturated heterocycles. The van der Waals surface area contributed by atoms with Gasteiger partial charge in [-0.1, -0.05) is 37.3 Å². The highest BCUT2D eigenvalue weighted by molar-refractivity contribution is 6.06. The van der Waals surface area contributed by atoms with Gasteiger partial charge in [-0.05, 0) is 38.7 Å². The monoisotopic (exact) mass is 381 g/mol. The summed E-state index contributed by atoms with van der Waals surface area (Å²) in [5, 5.41) is 7.30. The highest BCUT2D eigenvalue weighted by Gasteiger charge is 2.28. The lowest BCUT2D eigenvalue weighted by molar-refractivity contribution is -0.120. The summed E-state index contributed by atoms with van der Waals surface area (Å²) in [6.45, 7) is 5.86. The molecule has 3 rings (SSSR count). The van der Waals surface area contributed by atoms with Crippen LogP contribution in [0, 0.1) is 6.92 Å². The number of hydrogen-bond donors (Lipinski definition) is 2. The molecule has 1 unspecified atom stereocenters. The average Bonchev–Trinajstić information content (AvgIpc) is 3.04. The molecule has 0 aliphatic heterocycles. The minimum Gasteiger partial charge on any atom is -0.455 e. The first-order valence-electron chi connectivity index (χ1n) is 9.82. The van der Waals surface area contributed by atoms with Gasteiger partial charge >= 0.3 is 0 Å². The molecule has 0 bridgehead atoms. The first-order chi connectivity index (χ1) is 13.5. The zero-order chi connectivity index (χ0) is 20.1. The number of carbonyl (C=O) groups excluding carboxylic acids is 2. The van der Waals surface area contributed by atoms with Gasteiger partial charge in [0.1, 0.15) is 5.76 Å². The van der Waals surface area contributed by atoms with Crippen molar-refractivity contribution in [1.29, 1.82) is 0 Å². The number of benzene rings is 1. The van der Waals surface area contributed by atoms with Crippen LogP contribution in [0.5, 0.6) is 0 Å². The van der Waals surface area contributed by atoms with E-state index in [0.29, 0.717) is 5.76 Å². The van der Waals surface area contributed by atoms with Crippen molar-refractivity contribution in [2.75, 3.05) is 0 Å². The zero-order valence-corrected chi connectivity index (χ0v) is 16.7. The van der Waals surface area contributed by atoms with Crippen LogP contribution in [0.3, 0.4) is 0 Å². The molecule has 2 amide bonds. The molecule has 2 N–H and O–H groups in total. The molecule has 0 spiro atoms. The minimum absolute atomic E-state index is 0.0828. The first kappa shape index (κ1) is 19.9. The van der Waals surface area contributed by atoms with E-state index >= 15 is 0 Å². The van der Waals surface area contributed by atoms with E-state index in [2.05, 4.69) is 15.8 Å². The van der Waals surface area contributed by atoms with Crippen LogP contribution in [0.4, 0.5) is 0 Å². The Morgan fingerprint density at radius 2 is 1.96 bits per heavy atom. The summed E-state index contributed by atoms with van der Waals surface area (Å²) in [5.41, 5.74) is 6.01. The van der Waals surface area contributed by atoms with Crippen LogP contribution >= 0.6 is 0 Å². The van der Waals surface area contributed by atoms with Crippen LogP contribution in [-0.4, -0.2) is 23.6 Å². The van der Waals surface area contributed by atoms with E-state index in [1.165, 1.54) is 0 Å². The Hall–Kier alpha value is -2.89. The molecule has 0 saturated carbocycles. The molecule has 1 aromatic heterocycles. The van der Waals surface area contributed by atoms with Crippen molar-refractivity contribution in [1.82, 2.24) is 10.7 Å². The van der Waals surface area contributed by atoms with Crippen LogP contribution in [0.15, 0.2) is 39.9 Å². The van der Waals surface area contributed by atoms with Gasteiger partial charge in [0.05, 0.1) is 12.1 Å². The molecule has 1 atom stereocenters. The lowest BCUT2D eigenvalue weighted by Crippen LogP contribution is -2.32. The van der Waals surface area contributed by atoms with E-state index in [9.17, 15) is 9.59 Å². The van der Waals surface area contributed by atoms with Gasteiger partial charge in [0.15, 0.2) is 5.76 Å². The minimum atomic E-state index is -0.200. The van der Waals surface area contributed by atoms with E-state index < -0.39 is 0 Å². The quantitative estimate of drug-likeness (QED) is 0.751. The van der Waals surface area contributed by atoms with Crippen molar-refractivity contribution in [2.45, 2.75) is 58.9 Å². The van der Waals surface area contributed by atoms with Crippen molar-refractivity contribution in [3.05, 3.63) is 58.5 Å². The summed E-state index contributed by atoms with van der Waals surface area (Å²) < 4.78 is 5.87. The second-order valence-electron chi connectivity index (χ2n) is 7.25. The van der Waals surface area contributed by atoms with Gasteiger partial charge in [-0.25, -0.2) is 5.43 Å². The van der Waals surface area contributed by atoms with E-state index in [0.717, 1.165) is 53.8 Å². The normalized spacial score (nSPS) is 15.8. The summed E-state index contributed by atoms with van der Waals surface area (Å²) in [4.78, 5) is 24.7. The molecule has 0 fully saturated rings. The number of carbonyl (C=O) groups is 2. The number of fused-ring (bicyclic) bond motifs is 1. The highest BCUT2D eigenvalue weighted by atomic mass is 16.4. The molecule has 1 aromatic carbocycles. The molecule has 1 aliphatic carbocycles. The van der Waals surface area contributed by atoms with Crippen LogP contribution < -0.4 is 10.7 Å². The standard InChI is InChI=1S/C22H27N3O3/c1-4-14(2)23-22(27)21-15(3)20-17(11-8-12-18(20)28-21)24-25-19(26)13-16-9-6-5-7-10-16/h5-7,9-10,14H,4,8,11-13H2,1-3H3,(H,23,27)(H,25,26)/b24-17+. The Labute approximate surface area is 165 Å². The topological polar surface area (TPSA) is 83.7 Å². The predicted octanol–water partition coefficient (Wildman–Crippen LogP) is 3.52. The number of nitrogens with one attached hydrogen (secondary N) is 2. The second kappa shape index (κ2) is 8.87. The number of hydrogen-bond acceptors (Lipinski definition) is 4. The molecule has 6 heteroatoms. The molecule has 148 valence electrons. The van der Waals surface area contributed by atoms with Gasteiger partial charge in [0, 0.05) is 23.6 Å². The van der Waals surface area contributed by atoms with Crippen LogP contribution in [0.2, 0.25) is 0 Å². The van der Waals surface area contributed by atoms with Crippen LogP contribution in [-0.2, 0) is 17.6 Å². The summed E-state index contributed by atoms with van der Waals surface area (Å²) >= 11 is 0. The Balaban J connectivity index is 1.76. The van der Waals surface area contributed by atoms with E-state index in [1.807, 2.05) is 51.1 Å². The maximum absolute atomic E-state index is 12.5. The summed E-state index contributed by atoms with van der Waals surface area (Å²) in [6.07, 6.45) is 3.51. The van der Waals surface area contributed by atoms with Gasteiger partial charge in [0.25, 0.3) is 5.91 Å². The van der Waals surface area contributed by atoms with Crippen molar-refractivity contribution >= 4 is 17.5 Å². The van der Waals surface area contributed by atoms with Crippen molar-refractivity contribution in [3.63, 3.8) is 0 Å². The Morgan fingerprint density at radius 1 is 1.21 bits per heavy atom. The van der Waals surface area contributed by atoms with E-state index in [1.54, 1.807) is 0 Å². The van der Waals surface area contributed by atoms with E-state index in [4.69, 9.17) is 4.42 Å². The smallest absolute Gasteiger partial charge is 0.287 e. The van der Waals surface area contributed by atoms with E-state index in [-0.39, 0.29) is 24.3 Å². The summed E-state index contributed by atoms with van der Waals surface area (Å²) in [5.74, 6) is 0.750. The predicted molar refractivity (Wildman–Crippen MR) is 108 cm³/mol. The molecular formula is C22H27N3O3. The molecule has 0 radical (unpaired) electrons. The fraction of sp³-hybridized carbons (Fsp3) is 0.409. The third kappa shape index (κ3) is 4.50. The Bertz CT molecular complexity index is 884. The first-order valence-corrected chi connectivity index (χ1v) is 9.82. The highest BCUT2D eigenvalue weighted by Crippen LogP contribution is 2.29. The number of hydrazone groups is 1. The van der Waals surface area contributed by atoms with Gasteiger partial charge in [-0.3, -0.25) is 9.59 Å². The van der Waals surface area contributed by atoms with Gasteiger partial charge in [0.2, 0.25) is 5.91 Å². The van der Waals surface area contributed by atoms with Gasteiger partial charge in [-0.15, -0.1) is 0 Å². The number of nitrogens with zero attached hydrogens (tertiary/aromatic N) is 1. The maximum atomic E-state index is 12.5. The lowest BCUT2D eigenvalue weighted by atomic mass is 9.93.